The molecule has 142 valence electrons. The smallest absolute Gasteiger partial charge is 0.338 e. The van der Waals surface area contributed by atoms with E-state index in [2.05, 4.69) is 9.88 Å². The lowest BCUT2D eigenvalue weighted by atomic mass is 10.0. The van der Waals surface area contributed by atoms with Crippen LogP contribution in [0.3, 0.4) is 0 Å². The number of hydrogen-bond donors (Lipinski definition) is 1. The van der Waals surface area contributed by atoms with Crippen molar-refractivity contribution in [3.63, 3.8) is 0 Å². The molecule has 0 bridgehead atoms. The molecule has 6 nitrogen and oxygen atoms in total. The van der Waals surface area contributed by atoms with Gasteiger partial charge in [-0.2, -0.15) is 0 Å². The van der Waals surface area contributed by atoms with E-state index >= 15 is 0 Å². The molecule has 0 aliphatic carbocycles. The van der Waals surface area contributed by atoms with Crippen molar-refractivity contribution in [3.05, 3.63) is 66.5 Å². The first kappa shape index (κ1) is 18.1. The Kier molecular flexibility index (Phi) is 5.04. The molecule has 1 aromatic carbocycles. The molecule has 1 saturated heterocycles. The minimum absolute atomic E-state index is 0.130. The van der Waals surface area contributed by atoms with E-state index in [0.29, 0.717) is 5.56 Å². The van der Waals surface area contributed by atoms with E-state index in [1.807, 2.05) is 42.6 Å². The van der Waals surface area contributed by atoms with Gasteiger partial charge in [0.2, 0.25) is 0 Å². The molecule has 0 radical (unpaired) electrons. The van der Waals surface area contributed by atoms with Gasteiger partial charge in [-0.05, 0) is 35.7 Å². The van der Waals surface area contributed by atoms with Crippen LogP contribution in [0, 0.1) is 0 Å². The predicted octanol–water partition coefficient (Wildman–Crippen LogP) is 3.13. The fourth-order valence-corrected chi connectivity index (χ4v) is 3.42. The summed E-state index contributed by atoms with van der Waals surface area (Å²) in [6, 6.07) is 15.7. The normalized spacial score (nSPS) is 16.2. The van der Waals surface area contributed by atoms with E-state index < -0.39 is 0 Å². The van der Waals surface area contributed by atoms with E-state index in [1.54, 1.807) is 18.3 Å². The number of nitrogens with two attached hydrogens (primary N) is 1. The van der Waals surface area contributed by atoms with Gasteiger partial charge in [0.15, 0.2) is 0 Å². The number of rotatable bonds is 4. The molecule has 0 amide bonds. The molecule has 4 rings (SSSR count). The third-order valence-electron chi connectivity index (χ3n) is 4.96. The van der Waals surface area contributed by atoms with Crippen LogP contribution in [-0.2, 0) is 4.74 Å². The molecule has 3 aromatic rings. The zero-order valence-electron chi connectivity index (χ0n) is 15.7. The summed E-state index contributed by atoms with van der Waals surface area (Å²) in [6.07, 6.45) is 4.50. The molecule has 0 spiro atoms. The number of carbonyl (C=O) groups excluding carboxylic acids is 1. The Balaban J connectivity index is 1.70. The Labute approximate surface area is 164 Å². The Morgan fingerprint density at radius 2 is 1.93 bits per heavy atom. The van der Waals surface area contributed by atoms with Gasteiger partial charge in [-0.1, -0.05) is 30.3 Å². The third kappa shape index (κ3) is 3.73. The van der Waals surface area contributed by atoms with E-state index in [1.165, 1.54) is 7.11 Å². The van der Waals surface area contributed by atoms with Crippen LogP contribution in [0.25, 0.3) is 22.4 Å². The Morgan fingerprint density at radius 1 is 1.14 bits per heavy atom. The second-order valence-corrected chi connectivity index (χ2v) is 6.90. The van der Waals surface area contributed by atoms with E-state index in [9.17, 15) is 4.79 Å². The molecule has 6 heteroatoms. The summed E-state index contributed by atoms with van der Waals surface area (Å²) >= 11 is 0. The number of aromatic nitrogens is 2. The number of methoxy groups -OCH3 is 1. The first-order valence-corrected chi connectivity index (χ1v) is 9.26. The molecule has 2 aromatic heterocycles. The van der Waals surface area contributed by atoms with Crippen LogP contribution in [0.5, 0.6) is 0 Å². The third-order valence-corrected chi connectivity index (χ3v) is 4.96. The fourth-order valence-electron chi connectivity index (χ4n) is 3.42. The summed E-state index contributed by atoms with van der Waals surface area (Å²) in [5, 5.41) is 0. The molecule has 28 heavy (non-hydrogen) atoms. The summed E-state index contributed by atoms with van der Waals surface area (Å²) in [6.45, 7) is 1.56. The van der Waals surface area contributed by atoms with E-state index in [-0.39, 0.29) is 12.0 Å². The van der Waals surface area contributed by atoms with Crippen molar-refractivity contribution < 1.29 is 9.53 Å². The van der Waals surface area contributed by atoms with Gasteiger partial charge in [0.1, 0.15) is 5.82 Å². The van der Waals surface area contributed by atoms with Gasteiger partial charge in [-0.3, -0.25) is 4.98 Å². The van der Waals surface area contributed by atoms with Crippen molar-refractivity contribution in [1.82, 2.24) is 9.97 Å². The molecule has 1 unspecified atom stereocenters. The number of nitrogens with zero attached hydrogens (tertiary/aromatic N) is 3. The zero-order valence-corrected chi connectivity index (χ0v) is 15.7. The number of anilines is 1. The zero-order chi connectivity index (χ0) is 19.5. The highest BCUT2D eigenvalue weighted by molar-refractivity contribution is 5.91. The minimum atomic E-state index is -0.375. The maximum Gasteiger partial charge on any atom is 0.338 e. The molecular weight excluding hydrogens is 352 g/mol. The van der Waals surface area contributed by atoms with Crippen molar-refractivity contribution in [2.24, 2.45) is 5.73 Å². The second-order valence-electron chi connectivity index (χ2n) is 6.90. The minimum Gasteiger partial charge on any atom is -0.465 e. The number of carbonyl (C=O) groups is 1. The fraction of sp³-hybridized carbons (Fsp3) is 0.227. The number of benzene rings is 1. The highest BCUT2D eigenvalue weighted by atomic mass is 16.5. The molecule has 0 saturated carbocycles. The van der Waals surface area contributed by atoms with Crippen molar-refractivity contribution in [1.29, 1.82) is 0 Å². The quantitative estimate of drug-likeness (QED) is 0.707. The van der Waals surface area contributed by atoms with Gasteiger partial charge in [-0.15, -0.1) is 0 Å². The Morgan fingerprint density at radius 3 is 2.57 bits per heavy atom. The van der Waals surface area contributed by atoms with Gasteiger partial charge in [-0.25, -0.2) is 9.78 Å². The number of pyridine rings is 2. The van der Waals surface area contributed by atoms with Crippen LogP contribution in [-0.4, -0.2) is 42.2 Å². The lowest BCUT2D eigenvalue weighted by molar-refractivity contribution is 0.0600. The summed E-state index contributed by atoms with van der Waals surface area (Å²) in [5.74, 6) is 0.377. The Hall–Kier alpha value is -3.25. The van der Waals surface area contributed by atoms with Gasteiger partial charge in [0, 0.05) is 37.1 Å². The highest BCUT2D eigenvalue weighted by Crippen LogP contribution is 2.27. The summed E-state index contributed by atoms with van der Waals surface area (Å²) < 4.78 is 4.93. The van der Waals surface area contributed by atoms with Gasteiger partial charge in [0.05, 0.1) is 18.4 Å². The average Bonchev–Trinajstić information content (AvgIpc) is 3.20. The topological polar surface area (TPSA) is 81.3 Å². The van der Waals surface area contributed by atoms with E-state index in [0.717, 1.165) is 47.7 Å². The van der Waals surface area contributed by atoms with Crippen LogP contribution in [0.2, 0.25) is 0 Å². The molecule has 1 atom stereocenters. The van der Waals surface area contributed by atoms with Crippen molar-refractivity contribution in [2.45, 2.75) is 12.5 Å². The predicted molar refractivity (Wildman–Crippen MR) is 109 cm³/mol. The average molecular weight is 374 g/mol. The second kappa shape index (κ2) is 7.78. The maximum atomic E-state index is 12.2. The van der Waals surface area contributed by atoms with Gasteiger partial charge in [0.25, 0.3) is 0 Å². The van der Waals surface area contributed by atoms with Crippen LogP contribution in [0.1, 0.15) is 16.8 Å². The summed E-state index contributed by atoms with van der Waals surface area (Å²) in [5.41, 5.74) is 10.3. The van der Waals surface area contributed by atoms with Crippen LogP contribution >= 0.6 is 0 Å². The van der Waals surface area contributed by atoms with Crippen LogP contribution in [0.15, 0.2) is 60.9 Å². The highest BCUT2D eigenvalue weighted by Gasteiger charge is 2.22. The SMILES string of the molecule is COC(=O)c1cc(-c2ccc(-c3cccnc3)cc2)nc(N2CCC(N)C2)c1. The molecule has 1 aliphatic rings. The maximum absolute atomic E-state index is 12.2. The van der Waals surface area contributed by atoms with Gasteiger partial charge >= 0.3 is 5.97 Å². The lowest BCUT2D eigenvalue weighted by Crippen LogP contribution is -2.27. The van der Waals surface area contributed by atoms with Gasteiger partial charge < -0.3 is 15.4 Å². The molecule has 1 aliphatic heterocycles. The van der Waals surface area contributed by atoms with Crippen LogP contribution < -0.4 is 10.6 Å². The molecule has 3 heterocycles. The monoisotopic (exact) mass is 374 g/mol. The number of ether oxygens (including phenoxy) is 1. The Bertz CT molecular complexity index is 974. The van der Waals surface area contributed by atoms with Crippen molar-refractivity contribution in [3.8, 4) is 22.4 Å². The number of hydrogen-bond acceptors (Lipinski definition) is 6. The summed E-state index contributed by atoms with van der Waals surface area (Å²) in [4.78, 5) is 23.2. The van der Waals surface area contributed by atoms with Crippen LogP contribution in [0.4, 0.5) is 5.82 Å². The largest absolute Gasteiger partial charge is 0.465 e. The molecule has 1 fully saturated rings. The lowest BCUT2D eigenvalue weighted by Gasteiger charge is -2.19. The molecular formula is C22H22N4O2. The number of esters is 1. The summed E-state index contributed by atoms with van der Waals surface area (Å²) in [7, 11) is 1.39. The first-order chi connectivity index (χ1) is 13.6. The standard InChI is InChI=1S/C22H22N4O2/c1-28-22(27)18-11-20(25-21(12-18)26-10-8-19(23)14-26)16-6-4-15(5-7-16)17-3-2-9-24-13-17/h2-7,9,11-13,19H,8,10,14,23H2,1H3. The van der Waals surface area contributed by atoms with E-state index in [4.69, 9.17) is 15.5 Å². The molecule has 2 N–H and O–H groups in total. The van der Waals surface area contributed by atoms with Crippen molar-refractivity contribution >= 4 is 11.8 Å². The first-order valence-electron chi connectivity index (χ1n) is 9.26. The van der Waals surface area contributed by atoms with Crippen molar-refractivity contribution in [2.75, 3.05) is 25.1 Å².